The third-order valence-electron chi connectivity index (χ3n) is 4.27. The van der Waals surface area contributed by atoms with E-state index in [1.165, 1.54) is 18.0 Å². The molecule has 1 unspecified atom stereocenters. The SMILES string of the molecule is Cc1cccc(C)c1NC(=O)C(C)Sc1ccc(NC(=O)c2ccco2)cc1. The van der Waals surface area contributed by atoms with Crippen molar-refractivity contribution < 1.29 is 14.0 Å². The number of carbonyl (C=O) groups is 2. The molecular formula is C22H22N2O3S. The van der Waals surface area contributed by atoms with E-state index in [-0.39, 0.29) is 22.8 Å². The minimum Gasteiger partial charge on any atom is -0.459 e. The van der Waals surface area contributed by atoms with Crippen LogP contribution in [-0.4, -0.2) is 17.1 Å². The standard InChI is InChI=1S/C22H22N2O3S/c1-14-6-4-7-15(2)20(14)24-21(25)16(3)28-18-11-9-17(10-12-18)23-22(26)19-8-5-13-27-19/h4-13,16H,1-3H3,(H,23,26)(H,24,25). The first-order chi connectivity index (χ1) is 13.4. The molecule has 0 aliphatic rings. The summed E-state index contributed by atoms with van der Waals surface area (Å²) in [4.78, 5) is 25.5. The summed E-state index contributed by atoms with van der Waals surface area (Å²) in [5.41, 5.74) is 3.62. The Kier molecular flexibility index (Phi) is 6.21. The van der Waals surface area contributed by atoms with Crippen molar-refractivity contribution in [2.24, 2.45) is 0 Å². The largest absolute Gasteiger partial charge is 0.459 e. The van der Waals surface area contributed by atoms with Crippen LogP contribution in [-0.2, 0) is 4.79 Å². The monoisotopic (exact) mass is 394 g/mol. The molecule has 3 rings (SSSR count). The van der Waals surface area contributed by atoms with E-state index in [0.717, 1.165) is 21.7 Å². The van der Waals surface area contributed by atoms with Crippen LogP contribution in [0.3, 0.4) is 0 Å². The number of hydrogen-bond donors (Lipinski definition) is 2. The Morgan fingerprint density at radius 2 is 1.61 bits per heavy atom. The highest BCUT2D eigenvalue weighted by Gasteiger charge is 2.16. The molecule has 0 bridgehead atoms. The summed E-state index contributed by atoms with van der Waals surface area (Å²) in [6.45, 7) is 5.84. The Morgan fingerprint density at radius 3 is 2.21 bits per heavy atom. The maximum atomic E-state index is 12.6. The zero-order chi connectivity index (χ0) is 20.1. The van der Waals surface area contributed by atoms with Crippen molar-refractivity contribution in [1.29, 1.82) is 0 Å². The predicted octanol–water partition coefficient (Wildman–Crippen LogP) is 5.27. The Balaban J connectivity index is 1.58. The third kappa shape index (κ3) is 4.84. The van der Waals surface area contributed by atoms with Crippen molar-refractivity contribution in [2.75, 3.05) is 10.6 Å². The lowest BCUT2D eigenvalue weighted by Gasteiger charge is -2.15. The molecule has 6 heteroatoms. The van der Waals surface area contributed by atoms with Gasteiger partial charge in [0.2, 0.25) is 5.91 Å². The van der Waals surface area contributed by atoms with E-state index in [9.17, 15) is 9.59 Å². The van der Waals surface area contributed by atoms with Gasteiger partial charge in [0, 0.05) is 16.3 Å². The van der Waals surface area contributed by atoms with Crippen LogP contribution in [0.4, 0.5) is 11.4 Å². The van der Waals surface area contributed by atoms with Crippen LogP contribution in [0.1, 0.15) is 28.6 Å². The van der Waals surface area contributed by atoms with Crippen LogP contribution in [0.5, 0.6) is 0 Å². The summed E-state index contributed by atoms with van der Waals surface area (Å²) < 4.78 is 5.08. The smallest absolute Gasteiger partial charge is 0.291 e. The summed E-state index contributed by atoms with van der Waals surface area (Å²) in [6.07, 6.45) is 1.46. The number of hydrogen-bond acceptors (Lipinski definition) is 4. The fourth-order valence-corrected chi connectivity index (χ4v) is 3.58. The highest BCUT2D eigenvalue weighted by Crippen LogP contribution is 2.27. The summed E-state index contributed by atoms with van der Waals surface area (Å²) in [6, 6.07) is 16.6. The molecule has 1 heterocycles. The van der Waals surface area contributed by atoms with Crippen molar-refractivity contribution >= 4 is 35.0 Å². The van der Waals surface area contributed by atoms with Gasteiger partial charge in [-0.1, -0.05) is 18.2 Å². The summed E-state index contributed by atoms with van der Waals surface area (Å²) >= 11 is 1.46. The average molecular weight is 394 g/mol. The number of carbonyl (C=O) groups excluding carboxylic acids is 2. The van der Waals surface area contributed by atoms with E-state index < -0.39 is 0 Å². The summed E-state index contributed by atoms with van der Waals surface area (Å²) in [5, 5.41) is 5.53. The van der Waals surface area contributed by atoms with Gasteiger partial charge in [-0.25, -0.2) is 0 Å². The number of amides is 2. The Hall–Kier alpha value is -2.99. The van der Waals surface area contributed by atoms with E-state index >= 15 is 0 Å². The van der Waals surface area contributed by atoms with E-state index in [4.69, 9.17) is 4.42 Å². The van der Waals surface area contributed by atoms with Gasteiger partial charge in [-0.2, -0.15) is 0 Å². The van der Waals surface area contributed by atoms with E-state index in [1.807, 2.05) is 51.1 Å². The topological polar surface area (TPSA) is 71.3 Å². The van der Waals surface area contributed by atoms with Crippen molar-refractivity contribution in [2.45, 2.75) is 30.9 Å². The quantitative estimate of drug-likeness (QED) is 0.559. The van der Waals surface area contributed by atoms with E-state index in [0.29, 0.717) is 5.69 Å². The molecular weight excluding hydrogens is 372 g/mol. The zero-order valence-electron chi connectivity index (χ0n) is 16.0. The van der Waals surface area contributed by atoms with Gasteiger partial charge in [0.15, 0.2) is 5.76 Å². The lowest BCUT2D eigenvalue weighted by molar-refractivity contribution is -0.115. The van der Waals surface area contributed by atoms with E-state index in [2.05, 4.69) is 10.6 Å². The first kappa shape index (κ1) is 19.8. The molecule has 2 amide bonds. The molecule has 0 radical (unpaired) electrons. The number of aryl methyl sites for hydroxylation is 2. The van der Waals surface area contributed by atoms with Crippen molar-refractivity contribution in [3.8, 4) is 0 Å². The Morgan fingerprint density at radius 1 is 0.929 bits per heavy atom. The molecule has 0 aliphatic heterocycles. The Labute approximate surface area is 168 Å². The molecule has 2 aromatic carbocycles. The van der Waals surface area contributed by atoms with Crippen molar-refractivity contribution in [3.05, 3.63) is 77.7 Å². The molecule has 1 aromatic heterocycles. The van der Waals surface area contributed by atoms with Crippen LogP contribution in [0.2, 0.25) is 0 Å². The highest BCUT2D eigenvalue weighted by atomic mass is 32.2. The van der Waals surface area contributed by atoms with Gasteiger partial charge >= 0.3 is 0 Å². The zero-order valence-corrected chi connectivity index (χ0v) is 16.8. The maximum absolute atomic E-state index is 12.6. The maximum Gasteiger partial charge on any atom is 0.291 e. The fraction of sp³-hybridized carbons (Fsp3) is 0.182. The molecule has 2 N–H and O–H groups in total. The van der Waals surface area contributed by atoms with Crippen molar-refractivity contribution in [1.82, 2.24) is 0 Å². The van der Waals surface area contributed by atoms with E-state index in [1.54, 1.807) is 24.3 Å². The molecule has 28 heavy (non-hydrogen) atoms. The lowest BCUT2D eigenvalue weighted by atomic mass is 10.1. The lowest BCUT2D eigenvalue weighted by Crippen LogP contribution is -2.23. The van der Waals surface area contributed by atoms with Gasteiger partial charge in [-0.05, 0) is 68.3 Å². The molecule has 0 saturated carbocycles. The number of anilines is 2. The number of benzene rings is 2. The number of nitrogens with one attached hydrogen (secondary N) is 2. The molecule has 3 aromatic rings. The number of rotatable bonds is 6. The van der Waals surface area contributed by atoms with Gasteiger partial charge < -0.3 is 15.1 Å². The van der Waals surface area contributed by atoms with Crippen LogP contribution in [0.15, 0.2) is 70.2 Å². The Bertz CT molecular complexity index is 946. The van der Waals surface area contributed by atoms with Gasteiger partial charge in [-0.15, -0.1) is 11.8 Å². The molecule has 1 atom stereocenters. The average Bonchev–Trinajstić information content (AvgIpc) is 3.21. The summed E-state index contributed by atoms with van der Waals surface area (Å²) in [7, 11) is 0. The fourth-order valence-electron chi connectivity index (χ4n) is 2.71. The van der Waals surface area contributed by atoms with Crippen LogP contribution in [0.25, 0.3) is 0 Å². The second-order valence-electron chi connectivity index (χ2n) is 6.47. The third-order valence-corrected chi connectivity index (χ3v) is 5.38. The van der Waals surface area contributed by atoms with Crippen LogP contribution >= 0.6 is 11.8 Å². The van der Waals surface area contributed by atoms with Gasteiger partial charge in [0.25, 0.3) is 5.91 Å². The normalized spacial score (nSPS) is 11.7. The predicted molar refractivity (Wildman–Crippen MR) is 113 cm³/mol. The molecule has 0 fully saturated rings. The highest BCUT2D eigenvalue weighted by molar-refractivity contribution is 8.00. The van der Waals surface area contributed by atoms with Gasteiger partial charge in [-0.3, -0.25) is 9.59 Å². The molecule has 5 nitrogen and oxygen atoms in total. The van der Waals surface area contributed by atoms with Crippen LogP contribution in [0, 0.1) is 13.8 Å². The first-order valence-electron chi connectivity index (χ1n) is 8.92. The molecule has 0 saturated heterocycles. The first-order valence-corrected chi connectivity index (χ1v) is 9.80. The second-order valence-corrected chi connectivity index (χ2v) is 7.89. The number of furan rings is 1. The summed E-state index contributed by atoms with van der Waals surface area (Å²) in [5.74, 6) is -0.0837. The van der Waals surface area contributed by atoms with Crippen LogP contribution < -0.4 is 10.6 Å². The minimum atomic E-state index is -0.299. The number of thioether (sulfide) groups is 1. The second kappa shape index (κ2) is 8.80. The van der Waals surface area contributed by atoms with Gasteiger partial charge in [0.05, 0.1) is 11.5 Å². The molecule has 0 spiro atoms. The number of para-hydroxylation sites is 1. The molecule has 144 valence electrons. The molecule has 0 aliphatic carbocycles. The van der Waals surface area contributed by atoms with Gasteiger partial charge in [0.1, 0.15) is 0 Å². The minimum absolute atomic E-state index is 0.0439. The van der Waals surface area contributed by atoms with Crippen molar-refractivity contribution in [3.63, 3.8) is 0 Å².